The summed E-state index contributed by atoms with van der Waals surface area (Å²) in [6.45, 7) is 9.87. The number of rotatable bonds is 13. The third-order valence-electron chi connectivity index (χ3n) is 7.52. The highest BCUT2D eigenvalue weighted by Crippen LogP contribution is 2.43. The van der Waals surface area contributed by atoms with Gasteiger partial charge in [-0.3, -0.25) is 18.7 Å². The highest BCUT2D eigenvalue weighted by atomic mass is 79.9. The number of carbonyl (C=O) groups excluding carboxylic acids is 2. The van der Waals surface area contributed by atoms with E-state index in [1.54, 1.807) is 18.2 Å². The smallest absolute Gasteiger partial charge is 0.294 e. The molecule has 0 unspecified atom stereocenters. The number of benzene rings is 3. The lowest BCUT2D eigenvalue weighted by Gasteiger charge is -2.24. The van der Waals surface area contributed by atoms with E-state index in [0.29, 0.717) is 34.6 Å². The number of nitrogens with zero attached hydrogens (tertiary/aromatic N) is 5. The Morgan fingerprint density at radius 2 is 1.64 bits per heavy atom. The van der Waals surface area contributed by atoms with Gasteiger partial charge in [-0.25, -0.2) is 4.68 Å². The van der Waals surface area contributed by atoms with Gasteiger partial charge < -0.3 is 15.5 Å². The molecule has 0 saturated heterocycles. The number of aromatic nitrogens is 2. The average Bonchev–Trinajstić information content (AvgIpc) is 3.36. The third-order valence-corrected chi connectivity index (χ3v) is 10.5. The minimum absolute atomic E-state index is 0.0452. The van der Waals surface area contributed by atoms with Gasteiger partial charge in [0.15, 0.2) is 5.82 Å². The predicted molar refractivity (Wildman–Crippen MR) is 208 cm³/mol. The van der Waals surface area contributed by atoms with E-state index in [1.165, 1.54) is 35.9 Å². The maximum absolute atomic E-state index is 13.0. The van der Waals surface area contributed by atoms with E-state index in [9.17, 15) is 31.0 Å². The Balaban J connectivity index is 1.74. The first-order valence-electron chi connectivity index (χ1n) is 15.8. The van der Waals surface area contributed by atoms with Crippen LogP contribution in [0.25, 0.3) is 5.69 Å². The molecule has 1 aromatic heterocycles. The van der Waals surface area contributed by atoms with Crippen molar-refractivity contribution in [2.75, 3.05) is 34.4 Å². The van der Waals surface area contributed by atoms with Crippen molar-refractivity contribution in [2.24, 2.45) is 10.2 Å². The maximum Gasteiger partial charge on any atom is 0.294 e. The Morgan fingerprint density at radius 1 is 0.981 bits per heavy atom. The summed E-state index contributed by atoms with van der Waals surface area (Å²) >= 11 is 17.1. The van der Waals surface area contributed by atoms with E-state index in [-0.39, 0.29) is 50.8 Å². The molecule has 0 aliphatic carbocycles. The summed E-state index contributed by atoms with van der Waals surface area (Å²) in [6.07, 6.45) is 0.182. The minimum atomic E-state index is -4.54. The molecule has 15 nitrogen and oxygen atoms in total. The zero-order chi connectivity index (χ0) is 39.5. The van der Waals surface area contributed by atoms with Crippen LogP contribution in [0.2, 0.25) is 10.0 Å². The van der Waals surface area contributed by atoms with Crippen LogP contribution in [0.3, 0.4) is 0 Å². The molecule has 1 heterocycles. The van der Waals surface area contributed by atoms with Crippen LogP contribution < -0.4 is 15.5 Å². The quantitative estimate of drug-likeness (QED) is 0.0746. The standard InChI is InChI=1S/C33H36BrCl2N7O8S2/c1-6-42(13-8-14-52(46,47)48)22-11-12-26(27(18-22)37-19(2)44)39-40-31-28(34)30(33(3,4)5)41-43(31)29-24(35)16-21(17-25(29)36)38-32(45)20-9-7-10-23(15-20)53(49,50)51/h7,9-12,15-18H,6,8,13-14H2,1-5H3,(H,37,44)(H,38,45)(H,46,47,48)(H,49,50,51). The van der Waals surface area contributed by atoms with Gasteiger partial charge in [0.2, 0.25) is 5.91 Å². The fourth-order valence-electron chi connectivity index (χ4n) is 5.06. The Morgan fingerprint density at radius 3 is 2.21 bits per heavy atom. The first kappa shape index (κ1) is 41.8. The van der Waals surface area contributed by atoms with Crippen LogP contribution in [0, 0.1) is 0 Å². The highest BCUT2D eigenvalue weighted by molar-refractivity contribution is 9.10. The Hall–Kier alpha value is -3.91. The monoisotopic (exact) mass is 871 g/mol. The molecule has 0 fully saturated rings. The lowest BCUT2D eigenvalue weighted by atomic mass is 9.92. The topological polar surface area (TPSA) is 213 Å². The number of azo groups is 1. The van der Waals surface area contributed by atoms with Crippen LogP contribution in [0.15, 0.2) is 74.2 Å². The molecule has 4 rings (SSSR count). The van der Waals surface area contributed by atoms with Gasteiger partial charge in [-0.05, 0) is 77.8 Å². The molecule has 284 valence electrons. The second-order valence-electron chi connectivity index (χ2n) is 12.7. The first-order chi connectivity index (χ1) is 24.6. The normalized spacial score (nSPS) is 12.3. The van der Waals surface area contributed by atoms with E-state index >= 15 is 0 Å². The van der Waals surface area contributed by atoms with Crippen LogP contribution in [0.1, 0.15) is 57.1 Å². The molecule has 53 heavy (non-hydrogen) atoms. The molecular formula is C33H36BrCl2N7O8S2. The number of hydrogen-bond donors (Lipinski definition) is 4. The van der Waals surface area contributed by atoms with Gasteiger partial charge in [0, 0.05) is 42.4 Å². The summed E-state index contributed by atoms with van der Waals surface area (Å²) in [4.78, 5) is 26.6. The van der Waals surface area contributed by atoms with Crippen molar-refractivity contribution in [3.05, 3.63) is 80.4 Å². The Kier molecular flexibility index (Phi) is 13.1. The van der Waals surface area contributed by atoms with Gasteiger partial charge >= 0.3 is 0 Å². The molecule has 4 aromatic rings. The molecule has 0 saturated carbocycles. The van der Waals surface area contributed by atoms with Crippen LogP contribution in [-0.2, 0) is 30.4 Å². The van der Waals surface area contributed by atoms with Crippen molar-refractivity contribution in [2.45, 2.75) is 51.3 Å². The van der Waals surface area contributed by atoms with Crippen molar-refractivity contribution >= 4 is 99.7 Å². The summed E-state index contributed by atoms with van der Waals surface area (Å²) in [6, 6.07) is 12.7. The van der Waals surface area contributed by atoms with Gasteiger partial charge in [-0.1, -0.05) is 50.0 Å². The summed E-state index contributed by atoms with van der Waals surface area (Å²) in [5.41, 5.74) is 1.68. The molecule has 0 aliphatic heterocycles. The summed E-state index contributed by atoms with van der Waals surface area (Å²) < 4.78 is 65.9. The maximum atomic E-state index is 13.0. The number of nitrogens with one attached hydrogen (secondary N) is 2. The zero-order valence-electron chi connectivity index (χ0n) is 29.1. The Labute approximate surface area is 325 Å². The van der Waals surface area contributed by atoms with Crippen molar-refractivity contribution in [1.29, 1.82) is 0 Å². The van der Waals surface area contributed by atoms with Crippen molar-refractivity contribution in [1.82, 2.24) is 9.78 Å². The highest BCUT2D eigenvalue weighted by Gasteiger charge is 2.28. The van der Waals surface area contributed by atoms with Crippen LogP contribution >= 0.6 is 39.1 Å². The van der Waals surface area contributed by atoms with Gasteiger partial charge in [0.05, 0.1) is 36.5 Å². The molecule has 0 bridgehead atoms. The second kappa shape index (κ2) is 16.6. The third kappa shape index (κ3) is 10.8. The molecule has 3 aromatic carbocycles. The van der Waals surface area contributed by atoms with Gasteiger partial charge in [-0.15, -0.1) is 10.2 Å². The molecule has 20 heteroatoms. The molecule has 0 radical (unpaired) electrons. The van der Waals surface area contributed by atoms with Crippen LogP contribution in [-0.4, -0.2) is 66.4 Å². The SMILES string of the molecule is CCN(CCCS(=O)(=O)O)c1ccc(N=Nc2c(Br)c(C(C)(C)C)nn2-c2c(Cl)cc(NC(=O)c3cccc(S(=O)(=O)O)c3)cc2Cl)c(NC(C)=O)c1. The van der Waals surface area contributed by atoms with E-state index in [0.717, 1.165) is 12.1 Å². The number of halogens is 3. The zero-order valence-corrected chi connectivity index (χ0v) is 33.8. The van der Waals surface area contributed by atoms with E-state index < -0.39 is 42.2 Å². The van der Waals surface area contributed by atoms with Crippen LogP contribution in [0.5, 0.6) is 0 Å². The van der Waals surface area contributed by atoms with Crippen molar-refractivity contribution < 1.29 is 35.5 Å². The molecule has 4 N–H and O–H groups in total. The molecule has 0 spiro atoms. The molecule has 0 aliphatic rings. The van der Waals surface area contributed by atoms with E-state index in [1.807, 2.05) is 32.6 Å². The van der Waals surface area contributed by atoms with Crippen LogP contribution in [0.4, 0.5) is 28.6 Å². The van der Waals surface area contributed by atoms with E-state index in [4.69, 9.17) is 32.9 Å². The van der Waals surface area contributed by atoms with E-state index in [2.05, 4.69) is 36.8 Å². The van der Waals surface area contributed by atoms with Crippen molar-refractivity contribution in [3.63, 3.8) is 0 Å². The number of amides is 2. The lowest BCUT2D eigenvalue weighted by molar-refractivity contribution is -0.114. The molecule has 2 amide bonds. The largest absolute Gasteiger partial charge is 0.372 e. The Bertz CT molecular complexity index is 2290. The second-order valence-corrected chi connectivity index (χ2v) is 17.3. The minimum Gasteiger partial charge on any atom is -0.372 e. The predicted octanol–water partition coefficient (Wildman–Crippen LogP) is 8.22. The number of anilines is 3. The first-order valence-corrected chi connectivity index (χ1v) is 20.4. The summed E-state index contributed by atoms with van der Waals surface area (Å²) in [5, 5.41) is 19.2. The molecular weight excluding hydrogens is 837 g/mol. The summed E-state index contributed by atoms with van der Waals surface area (Å²) in [7, 11) is -8.66. The number of carbonyl (C=O) groups is 2. The fraction of sp³-hybridized carbons (Fsp3) is 0.303. The van der Waals surface area contributed by atoms with Gasteiger partial charge in [0.1, 0.15) is 11.4 Å². The van der Waals surface area contributed by atoms with Crippen molar-refractivity contribution in [3.8, 4) is 5.69 Å². The summed E-state index contributed by atoms with van der Waals surface area (Å²) in [5.74, 6) is -1.27. The lowest BCUT2D eigenvalue weighted by Crippen LogP contribution is -2.25. The molecule has 0 atom stereocenters. The average molecular weight is 874 g/mol. The number of hydrogen-bond acceptors (Lipinski definition) is 10. The van der Waals surface area contributed by atoms with Gasteiger partial charge in [-0.2, -0.15) is 21.9 Å². The fourth-order valence-corrected chi connectivity index (χ4v) is 7.65. The van der Waals surface area contributed by atoms with Gasteiger partial charge in [0.25, 0.3) is 26.1 Å².